The van der Waals surface area contributed by atoms with Gasteiger partial charge in [-0.1, -0.05) is 19.9 Å². The molecule has 0 aliphatic carbocycles. The molecule has 0 aliphatic rings. The molecule has 0 bridgehead atoms. The fourth-order valence-electron chi connectivity index (χ4n) is 1.71. The molecule has 0 heterocycles. The maximum atomic E-state index is 13.6. The Hall–Kier alpha value is -0.940. The number of halogens is 2. The van der Waals surface area contributed by atoms with E-state index in [1.165, 1.54) is 12.1 Å². The number of aliphatic hydroxyl groups excluding tert-OH is 1. The predicted molar refractivity (Wildman–Crippen MR) is 72.0 cm³/mol. The zero-order chi connectivity index (χ0) is 13.8. The molecule has 0 spiro atoms. The molecule has 1 rings (SSSR count). The molecule has 0 radical (unpaired) electrons. The van der Waals surface area contributed by atoms with Crippen molar-refractivity contribution in [3.63, 3.8) is 0 Å². The number of benzene rings is 1. The second-order valence-corrected chi connectivity index (χ2v) is 5.05. The molecular weight excluding hydrogens is 301 g/mol. The van der Waals surface area contributed by atoms with Gasteiger partial charge in [0.15, 0.2) is 0 Å². The lowest BCUT2D eigenvalue weighted by atomic mass is 9.93. The Labute approximate surface area is 115 Å². The van der Waals surface area contributed by atoms with Crippen molar-refractivity contribution >= 4 is 21.8 Å². The molecule has 3 nitrogen and oxygen atoms in total. The van der Waals surface area contributed by atoms with E-state index in [2.05, 4.69) is 21.2 Å². The summed E-state index contributed by atoms with van der Waals surface area (Å²) in [6.07, 6.45) is 1.16. The third-order valence-electron chi connectivity index (χ3n) is 3.22. The monoisotopic (exact) mass is 317 g/mol. The minimum atomic E-state index is -0.696. The third kappa shape index (κ3) is 3.09. The van der Waals surface area contributed by atoms with E-state index < -0.39 is 17.3 Å². The smallest absolute Gasteiger partial charge is 0.255 e. The Morgan fingerprint density at radius 1 is 1.44 bits per heavy atom. The van der Waals surface area contributed by atoms with Gasteiger partial charge in [0.1, 0.15) is 5.82 Å². The first-order valence-corrected chi connectivity index (χ1v) is 6.66. The maximum Gasteiger partial charge on any atom is 0.255 e. The molecule has 5 heteroatoms. The van der Waals surface area contributed by atoms with Crippen LogP contribution in [0.2, 0.25) is 0 Å². The fourth-order valence-corrected chi connectivity index (χ4v) is 2.23. The lowest BCUT2D eigenvalue weighted by Crippen LogP contribution is -2.50. The van der Waals surface area contributed by atoms with Crippen LogP contribution in [0.4, 0.5) is 4.39 Å². The highest BCUT2D eigenvalue weighted by Crippen LogP contribution is 2.22. The maximum absolute atomic E-state index is 13.6. The normalized spacial score (nSPS) is 11.4. The van der Waals surface area contributed by atoms with Crippen LogP contribution in [-0.4, -0.2) is 23.2 Å². The number of carbonyl (C=O) groups excluding carboxylic acids is 1. The zero-order valence-electron chi connectivity index (χ0n) is 10.5. The van der Waals surface area contributed by atoms with Crippen molar-refractivity contribution in [1.82, 2.24) is 5.32 Å². The van der Waals surface area contributed by atoms with Crippen LogP contribution in [0.3, 0.4) is 0 Å². The van der Waals surface area contributed by atoms with E-state index in [9.17, 15) is 14.3 Å². The summed E-state index contributed by atoms with van der Waals surface area (Å²) < 4.78 is 14.0. The molecule has 1 amide bonds. The number of nitrogens with one attached hydrogen (secondary N) is 1. The Morgan fingerprint density at radius 2 is 2.06 bits per heavy atom. The van der Waals surface area contributed by atoms with Crippen molar-refractivity contribution in [2.24, 2.45) is 0 Å². The van der Waals surface area contributed by atoms with E-state index in [1.807, 2.05) is 13.8 Å². The highest BCUT2D eigenvalue weighted by molar-refractivity contribution is 9.10. The highest BCUT2D eigenvalue weighted by Gasteiger charge is 2.29. The van der Waals surface area contributed by atoms with E-state index in [1.54, 1.807) is 6.07 Å². The summed E-state index contributed by atoms with van der Waals surface area (Å²) in [5, 5.41) is 12.1. The lowest BCUT2D eigenvalue weighted by Gasteiger charge is -2.30. The first kappa shape index (κ1) is 15.1. The van der Waals surface area contributed by atoms with Crippen molar-refractivity contribution in [2.75, 3.05) is 6.61 Å². The van der Waals surface area contributed by atoms with Crippen molar-refractivity contribution < 1.29 is 14.3 Å². The number of rotatable bonds is 5. The number of carbonyl (C=O) groups is 1. The molecule has 0 atom stereocenters. The van der Waals surface area contributed by atoms with Crippen molar-refractivity contribution in [3.05, 3.63) is 34.1 Å². The SMILES string of the molecule is CCC(CC)(CO)NC(=O)c1c(F)cccc1Br. The summed E-state index contributed by atoms with van der Waals surface area (Å²) in [6.45, 7) is 3.57. The molecule has 100 valence electrons. The summed E-state index contributed by atoms with van der Waals surface area (Å²) >= 11 is 3.16. The Balaban J connectivity index is 3.02. The van der Waals surface area contributed by atoms with Gasteiger partial charge in [0.05, 0.1) is 17.7 Å². The van der Waals surface area contributed by atoms with Gasteiger partial charge in [0.2, 0.25) is 0 Å². The van der Waals surface area contributed by atoms with Gasteiger partial charge in [-0.25, -0.2) is 4.39 Å². The molecule has 18 heavy (non-hydrogen) atoms. The highest BCUT2D eigenvalue weighted by atomic mass is 79.9. The number of hydrogen-bond donors (Lipinski definition) is 2. The van der Waals surface area contributed by atoms with E-state index in [-0.39, 0.29) is 12.2 Å². The first-order chi connectivity index (χ1) is 8.49. The quantitative estimate of drug-likeness (QED) is 0.877. The second-order valence-electron chi connectivity index (χ2n) is 4.20. The Morgan fingerprint density at radius 3 is 2.50 bits per heavy atom. The summed E-state index contributed by atoms with van der Waals surface area (Å²) in [7, 11) is 0. The van der Waals surface area contributed by atoms with Crippen LogP contribution in [0.15, 0.2) is 22.7 Å². The van der Waals surface area contributed by atoms with Crippen molar-refractivity contribution in [1.29, 1.82) is 0 Å². The largest absolute Gasteiger partial charge is 0.394 e. The number of aliphatic hydroxyl groups is 1. The van der Waals surface area contributed by atoms with Gasteiger partial charge in [-0.2, -0.15) is 0 Å². The van der Waals surface area contributed by atoms with Gasteiger partial charge in [0, 0.05) is 4.47 Å². The minimum Gasteiger partial charge on any atom is -0.394 e. The molecule has 0 saturated carbocycles. The van der Waals surface area contributed by atoms with Crippen LogP contribution in [-0.2, 0) is 0 Å². The van der Waals surface area contributed by atoms with Gasteiger partial charge in [0.25, 0.3) is 5.91 Å². The standard InChI is InChI=1S/C13H17BrFNO2/c1-3-13(4-2,8-17)16-12(18)11-9(14)6-5-7-10(11)15/h5-7,17H,3-4,8H2,1-2H3,(H,16,18). The zero-order valence-corrected chi connectivity index (χ0v) is 12.1. The molecular formula is C13H17BrFNO2. The molecule has 0 aliphatic heterocycles. The van der Waals surface area contributed by atoms with Crippen LogP contribution < -0.4 is 5.32 Å². The van der Waals surface area contributed by atoms with Crippen LogP contribution in [0.25, 0.3) is 0 Å². The fraction of sp³-hybridized carbons (Fsp3) is 0.462. The summed E-state index contributed by atoms with van der Waals surface area (Å²) in [5.74, 6) is -1.10. The van der Waals surface area contributed by atoms with Gasteiger partial charge < -0.3 is 10.4 Å². The van der Waals surface area contributed by atoms with Gasteiger partial charge in [-0.15, -0.1) is 0 Å². The molecule has 2 N–H and O–H groups in total. The van der Waals surface area contributed by atoms with E-state index in [0.717, 1.165) is 0 Å². The van der Waals surface area contributed by atoms with E-state index in [0.29, 0.717) is 17.3 Å². The Bertz CT molecular complexity index is 404. The number of amides is 1. The molecule has 0 fully saturated rings. The van der Waals surface area contributed by atoms with Gasteiger partial charge in [-0.05, 0) is 40.9 Å². The lowest BCUT2D eigenvalue weighted by molar-refractivity contribution is 0.0813. The molecule has 0 aromatic heterocycles. The molecule has 0 unspecified atom stereocenters. The average molecular weight is 318 g/mol. The molecule has 1 aromatic rings. The van der Waals surface area contributed by atoms with Crippen molar-refractivity contribution in [3.8, 4) is 0 Å². The summed E-state index contributed by atoms with van der Waals surface area (Å²) in [4.78, 5) is 12.1. The summed E-state index contributed by atoms with van der Waals surface area (Å²) in [5.41, 5.74) is -0.726. The Kier molecular flexibility index (Phi) is 5.28. The average Bonchev–Trinajstić information content (AvgIpc) is 2.36. The minimum absolute atomic E-state index is 0.0303. The number of hydrogen-bond acceptors (Lipinski definition) is 2. The van der Waals surface area contributed by atoms with Crippen LogP contribution in [0.1, 0.15) is 37.0 Å². The van der Waals surface area contributed by atoms with Crippen LogP contribution >= 0.6 is 15.9 Å². The predicted octanol–water partition coefficient (Wildman–Crippen LogP) is 2.87. The summed E-state index contributed by atoms with van der Waals surface area (Å²) in [6, 6.07) is 4.36. The molecule has 1 aromatic carbocycles. The molecule has 0 saturated heterocycles. The first-order valence-electron chi connectivity index (χ1n) is 5.87. The van der Waals surface area contributed by atoms with Crippen LogP contribution in [0, 0.1) is 5.82 Å². The van der Waals surface area contributed by atoms with E-state index in [4.69, 9.17) is 0 Å². The van der Waals surface area contributed by atoms with Gasteiger partial charge in [-0.3, -0.25) is 4.79 Å². The van der Waals surface area contributed by atoms with Gasteiger partial charge >= 0.3 is 0 Å². The van der Waals surface area contributed by atoms with E-state index >= 15 is 0 Å². The van der Waals surface area contributed by atoms with Crippen LogP contribution in [0.5, 0.6) is 0 Å². The second kappa shape index (κ2) is 6.29. The van der Waals surface area contributed by atoms with Crippen molar-refractivity contribution in [2.45, 2.75) is 32.2 Å². The third-order valence-corrected chi connectivity index (χ3v) is 3.89. The topological polar surface area (TPSA) is 49.3 Å².